The second-order valence-corrected chi connectivity index (χ2v) is 10.9. The summed E-state index contributed by atoms with van der Waals surface area (Å²) in [6, 6.07) is 9.32. The first-order valence-electron chi connectivity index (χ1n) is 11.2. The molecule has 0 N–H and O–H groups in total. The van der Waals surface area contributed by atoms with Crippen molar-refractivity contribution in [1.82, 2.24) is 9.80 Å². The van der Waals surface area contributed by atoms with Gasteiger partial charge in [0.25, 0.3) is 0 Å². The number of benzene rings is 1. The van der Waals surface area contributed by atoms with E-state index in [4.69, 9.17) is 4.74 Å². The van der Waals surface area contributed by atoms with E-state index in [-0.39, 0.29) is 5.41 Å². The van der Waals surface area contributed by atoms with Crippen molar-refractivity contribution in [2.75, 3.05) is 45.9 Å². The zero-order valence-electron chi connectivity index (χ0n) is 19.6. The largest absolute Gasteiger partial charge is 0.381 e. The molecule has 1 saturated heterocycles. The molecule has 0 spiro atoms. The summed E-state index contributed by atoms with van der Waals surface area (Å²) in [5, 5.41) is 0. The van der Waals surface area contributed by atoms with Crippen molar-refractivity contribution in [3.63, 3.8) is 0 Å². The maximum atomic E-state index is 5.80. The molecule has 0 radical (unpaired) electrons. The van der Waals surface area contributed by atoms with Crippen LogP contribution < -0.4 is 0 Å². The predicted octanol–water partition coefficient (Wildman–Crippen LogP) is 5.41. The Balaban J connectivity index is 1.67. The average molecular weight is 389 g/mol. The third-order valence-corrected chi connectivity index (χ3v) is 5.95. The highest BCUT2D eigenvalue weighted by atomic mass is 16.5. The molecule has 1 heterocycles. The smallest absolute Gasteiger partial charge is 0.0514 e. The molecule has 28 heavy (non-hydrogen) atoms. The van der Waals surface area contributed by atoms with Crippen LogP contribution in [0.4, 0.5) is 0 Å². The van der Waals surface area contributed by atoms with E-state index in [0.717, 1.165) is 32.7 Å². The van der Waals surface area contributed by atoms with Gasteiger partial charge in [0.15, 0.2) is 0 Å². The zero-order valence-corrected chi connectivity index (χ0v) is 19.6. The topological polar surface area (TPSA) is 15.7 Å². The van der Waals surface area contributed by atoms with Crippen molar-refractivity contribution in [3.8, 4) is 0 Å². The lowest BCUT2D eigenvalue weighted by molar-refractivity contribution is 0.0586. The van der Waals surface area contributed by atoms with Crippen LogP contribution in [0.5, 0.6) is 0 Å². The summed E-state index contributed by atoms with van der Waals surface area (Å²) in [6.45, 7) is 24.7. The van der Waals surface area contributed by atoms with Gasteiger partial charge in [0.1, 0.15) is 0 Å². The third kappa shape index (κ3) is 8.23. The number of piperazine rings is 1. The fourth-order valence-corrected chi connectivity index (χ4v) is 3.61. The molecule has 1 fully saturated rings. The van der Waals surface area contributed by atoms with Gasteiger partial charge in [-0.15, -0.1) is 0 Å². The molecule has 1 aliphatic heterocycles. The van der Waals surface area contributed by atoms with E-state index in [1.54, 1.807) is 0 Å². The van der Waals surface area contributed by atoms with Crippen LogP contribution >= 0.6 is 0 Å². The van der Waals surface area contributed by atoms with Crippen LogP contribution in [0.15, 0.2) is 24.3 Å². The molecule has 2 rings (SSSR count). The van der Waals surface area contributed by atoms with Crippen molar-refractivity contribution in [1.29, 1.82) is 0 Å². The standard InChI is InChI=1S/C25H44N2O/c1-21(25(5,6)7)23-11-9-22(10-12-23)19-27-16-14-26(15-17-27)13-8-18-28-20-24(2,3)4/h9-12,21H,8,13-20H2,1-7H3. The first-order chi connectivity index (χ1) is 13.0. The monoisotopic (exact) mass is 388 g/mol. The normalized spacial score (nSPS) is 18.4. The van der Waals surface area contributed by atoms with Crippen molar-refractivity contribution < 1.29 is 4.74 Å². The molecular formula is C25H44N2O. The number of hydrogen-bond acceptors (Lipinski definition) is 3. The Morgan fingerprint density at radius 1 is 0.893 bits per heavy atom. The van der Waals surface area contributed by atoms with Crippen LogP contribution in [-0.4, -0.2) is 55.7 Å². The molecule has 1 aliphatic rings. The minimum absolute atomic E-state index is 0.272. The quantitative estimate of drug-likeness (QED) is 0.554. The summed E-state index contributed by atoms with van der Waals surface area (Å²) in [6.07, 6.45) is 1.14. The van der Waals surface area contributed by atoms with Crippen LogP contribution in [0.2, 0.25) is 0 Å². The van der Waals surface area contributed by atoms with Crippen LogP contribution in [0.25, 0.3) is 0 Å². The zero-order chi connectivity index (χ0) is 20.8. The van der Waals surface area contributed by atoms with Crippen LogP contribution in [0.1, 0.15) is 71.9 Å². The van der Waals surface area contributed by atoms with E-state index in [1.807, 2.05) is 0 Å². The van der Waals surface area contributed by atoms with Gasteiger partial charge in [0, 0.05) is 45.9 Å². The van der Waals surface area contributed by atoms with Crippen LogP contribution in [0, 0.1) is 10.8 Å². The minimum Gasteiger partial charge on any atom is -0.381 e. The average Bonchev–Trinajstić information content (AvgIpc) is 2.61. The van der Waals surface area contributed by atoms with Gasteiger partial charge < -0.3 is 9.64 Å². The van der Waals surface area contributed by atoms with E-state index >= 15 is 0 Å². The molecule has 1 aromatic rings. The van der Waals surface area contributed by atoms with Gasteiger partial charge in [-0.25, -0.2) is 0 Å². The highest BCUT2D eigenvalue weighted by Crippen LogP contribution is 2.34. The molecule has 1 atom stereocenters. The highest BCUT2D eigenvalue weighted by molar-refractivity contribution is 5.26. The lowest BCUT2D eigenvalue weighted by atomic mass is 9.78. The van der Waals surface area contributed by atoms with Crippen LogP contribution in [-0.2, 0) is 11.3 Å². The highest BCUT2D eigenvalue weighted by Gasteiger charge is 2.22. The van der Waals surface area contributed by atoms with Crippen molar-refractivity contribution >= 4 is 0 Å². The number of rotatable bonds is 8. The third-order valence-electron chi connectivity index (χ3n) is 5.95. The second-order valence-electron chi connectivity index (χ2n) is 10.9. The van der Waals surface area contributed by atoms with Gasteiger partial charge in [-0.3, -0.25) is 4.90 Å². The van der Waals surface area contributed by atoms with Crippen LogP contribution in [0.3, 0.4) is 0 Å². The first kappa shape index (κ1) is 23.4. The lowest BCUT2D eigenvalue weighted by Crippen LogP contribution is -2.46. The molecule has 0 bridgehead atoms. The summed E-state index contributed by atoms with van der Waals surface area (Å²) in [5.41, 5.74) is 3.48. The molecule has 160 valence electrons. The summed E-state index contributed by atoms with van der Waals surface area (Å²) in [4.78, 5) is 5.18. The van der Waals surface area contributed by atoms with Crippen molar-refractivity contribution in [2.45, 2.75) is 67.3 Å². The number of nitrogens with zero attached hydrogens (tertiary/aromatic N) is 2. The molecule has 0 amide bonds. The molecule has 0 aliphatic carbocycles. The molecule has 0 aromatic heterocycles. The Bertz CT molecular complexity index is 560. The molecular weight excluding hydrogens is 344 g/mol. The molecule has 1 aromatic carbocycles. The Morgan fingerprint density at radius 2 is 1.46 bits per heavy atom. The molecule has 3 heteroatoms. The number of hydrogen-bond donors (Lipinski definition) is 0. The van der Waals surface area contributed by atoms with E-state index in [9.17, 15) is 0 Å². The van der Waals surface area contributed by atoms with Gasteiger partial charge in [-0.05, 0) is 34.3 Å². The Morgan fingerprint density at radius 3 is 2.00 bits per heavy atom. The summed E-state index contributed by atoms with van der Waals surface area (Å²) >= 11 is 0. The fraction of sp³-hybridized carbons (Fsp3) is 0.760. The van der Waals surface area contributed by atoms with Gasteiger partial charge in [0.2, 0.25) is 0 Å². The SMILES string of the molecule is CC(c1ccc(CN2CCN(CCCOCC(C)(C)C)CC2)cc1)C(C)(C)C. The first-order valence-corrected chi connectivity index (χ1v) is 11.2. The predicted molar refractivity (Wildman–Crippen MR) is 121 cm³/mol. The van der Waals surface area contributed by atoms with E-state index in [2.05, 4.69) is 82.5 Å². The Labute approximate surface area is 174 Å². The van der Waals surface area contributed by atoms with Gasteiger partial charge in [0.05, 0.1) is 6.61 Å². The van der Waals surface area contributed by atoms with E-state index in [0.29, 0.717) is 11.3 Å². The Hall–Kier alpha value is -0.900. The minimum atomic E-state index is 0.272. The second kappa shape index (κ2) is 10.2. The fourth-order valence-electron chi connectivity index (χ4n) is 3.61. The summed E-state index contributed by atoms with van der Waals surface area (Å²) in [5.74, 6) is 0.581. The summed E-state index contributed by atoms with van der Waals surface area (Å²) in [7, 11) is 0. The molecule has 3 nitrogen and oxygen atoms in total. The Kier molecular flexibility index (Phi) is 8.54. The lowest BCUT2D eigenvalue weighted by Gasteiger charge is -2.35. The summed E-state index contributed by atoms with van der Waals surface area (Å²) < 4.78 is 5.80. The van der Waals surface area contributed by atoms with Gasteiger partial charge in [-0.1, -0.05) is 72.7 Å². The van der Waals surface area contributed by atoms with E-state index < -0.39 is 0 Å². The molecule has 0 saturated carbocycles. The van der Waals surface area contributed by atoms with Crippen molar-refractivity contribution in [2.24, 2.45) is 10.8 Å². The van der Waals surface area contributed by atoms with Gasteiger partial charge in [-0.2, -0.15) is 0 Å². The van der Waals surface area contributed by atoms with Crippen molar-refractivity contribution in [3.05, 3.63) is 35.4 Å². The number of ether oxygens (including phenoxy) is 1. The van der Waals surface area contributed by atoms with E-state index in [1.165, 1.54) is 37.3 Å². The molecule has 1 unspecified atom stereocenters. The maximum Gasteiger partial charge on any atom is 0.0514 e. The maximum absolute atomic E-state index is 5.80. The van der Waals surface area contributed by atoms with Gasteiger partial charge >= 0.3 is 0 Å².